The predicted molar refractivity (Wildman–Crippen MR) is 80.0 cm³/mol. The zero-order chi connectivity index (χ0) is 14.3. The second-order valence-corrected chi connectivity index (χ2v) is 5.41. The lowest BCUT2D eigenvalue weighted by Gasteiger charge is -2.01. The third-order valence-corrected chi connectivity index (χ3v) is 3.71. The van der Waals surface area contributed by atoms with Gasteiger partial charge in [-0.3, -0.25) is 0 Å². The molecule has 3 aromatic rings. The van der Waals surface area contributed by atoms with Gasteiger partial charge >= 0.3 is 5.97 Å². The fourth-order valence-electron chi connectivity index (χ4n) is 2.18. The number of benzene rings is 1. The number of aromatic carboxylic acids is 1. The molecule has 0 aliphatic rings. The van der Waals surface area contributed by atoms with E-state index in [4.69, 9.17) is 5.11 Å². The van der Waals surface area contributed by atoms with E-state index in [1.54, 1.807) is 22.7 Å². The Morgan fingerprint density at radius 1 is 1.20 bits per heavy atom. The summed E-state index contributed by atoms with van der Waals surface area (Å²) in [5.41, 5.74) is 3.00. The van der Waals surface area contributed by atoms with Crippen LogP contribution in [-0.4, -0.2) is 20.5 Å². The van der Waals surface area contributed by atoms with Gasteiger partial charge < -0.3 is 9.51 Å². The highest BCUT2D eigenvalue weighted by Gasteiger charge is 2.12. The number of fused-ring (bicyclic) bond motifs is 1. The van der Waals surface area contributed by atoms with Crippen molar-refractivity contribution in [1.82, 2.24) is 9.38 Å². The average Bonchev–Trinajstić information content (AvgIpc) is 2.76. The van der Waals surface area contributed by atoms with Gasteiger partial charge in [0.25, 0.3) is 0 Å². The zero-order valence-electron chi connectivity index (χ0n) is 10.7. The highest BCUT2D eigenvalue weighted by Crippen LogP contribution is 2.26. The number of pyridine rings is 1. The zero-order valence-corrected chi connectivity index (χ0v) is 12.3. The maximum atomic E-state index is 11.0. The van der Waals surface area contributed by atoms with Crippen LogP contribution < -0.4 is 0 Å². The summed E-state index contributed by atoms with van der Waals surface area (Å²) in [5.74, 6) is -0.175. The Labute approximate surface area is 123 Å². The lowest BCUT2D eigenvalue weighted by atomic mass is 10.1. The molecule has 0 aliphatic carbocycles. The molecule has 0 bridgehead atoms. The summed E-state index contributed by atoms with van der Waals surface area (Å²) in [6.45, 7) is 1.86. The summed E-state index contributed by atoms with van der Waals surface area (Å²) in [6, 6.07) is 11.3. The largest absolute Gasteiger partial charge is 0.478 e. The first-order chi connectivity index (χ1) is 9.56. The third kappa shape index (κ3) is 2.10. The van der Waals surface area contributed by atoms with Gasteiger partial charge in [0, 0.05) is 16.2 Å². The molecular formula is C15H11BrN2O2. The summed E-state index contributed by atoms with van der Waals surface area (Å²) < 4.78 is 2.82. The van der Waals surface area contributed by atoms with Crippen molar-refractivity contribution in [3.05, 3.63) is 58.5 Å². The minimum atomic E-state index is -0.940. The number of rotatable bonds is 2. The van der Waals surface area contributed by atoms with Crippen molar-refractivity contribution in [3.63, 3.8) is 0 Å². The van der Waals surface area contributed by atoms with Gasteiger partial charge in [-0.1, -0.05) is 28.1 Å². The number of aromatic nitrogens is 2. The number of imidazole rings is 1. The number of halogens is 1. The van der Waals surface area contributed by atoms with Crippen LogP contribution in [-0.2, 0) is 0 Å². The van der Waals surface area contributed by atoms with Crippen LogP contribution in [0.15, 0.2) is 47.1 Å². The fraction of sp³-hybridized carbons (Fsp3) is 0.0667. The number of carbonyl (C=O) groups is 1. The molecule has 0 radical (unpaired) electrons. The number of carboxylic acids is 1. The normalized spacial score (nSPS) is 10.9. The van der Waals surface area contributed by atoms with Gasteiger partial charge in [-0.05, 0) is 31.2 Å². The lowest BCUT2D eigenvalue weighted by molar-refractivity contribution is 0.0696. The maximum Gasteiger partial charge on any atom is 0.337 e. The number of nitrogens with zero attached hydrogens (tertiary/aromatic N) is 2. The molecule has 0 aliphatic heterocycles. The molecule has 1 aromatic carbocycles. The van der Waals surface area contributed by atoms with Crippen LogP contribution in [0.3, 0.4) is 0 Å². The Balaban J connectivity index is 2.22. The highest BCUT2D eigenvalue weighted by molar-refractivity contribution is 9.10. The predicted octanol–water partition coefficient (Wildman–Crippen LogP) is 3.77. The summed E-state index contributed by atoms with van der Waals surface area (Å²) in [7, 11) is 0. The maximum absolute atomic E-state index is 11.0. The number of carboxylic acid groups (broad SMARTS) is 1. The van der Waals surface area contributed by atoms with E-state index in [0.717, 1.165) is 27.1 Å². The molecule has 0 saturated carbocycles. The Morgan fingerprint density at radius 2 is 1.90 bits per heavy atom. The Hall–Kier alpha value is -2.14. The summed E-state index contributed by atoms with van der Waals surface area (Å²) in [6.07, 6.45) is 1.60. The van der Waals surface area contributed by atoms with Crippen LogP contribution in [0.2, 0.25) is 0 Å². The second kappa shape index (κ2) is 4.76. The van der Waals surface area contributed by atoms with E-state index in [1.807, 2.05) is 31.2 Å². The van der Waals surface area contributed by atoms with E-state index < -0.39 is 5.97 Å². The standard InChI is InChI=1S/C15H11BrN2O2/c1-9-17-14(10-2-5-12(16)6-3-10)13-7-4-11(15(19)20)8-18(9)13/h2-8H,1H3,(H,19,20). The third-order valence-electron chi connectivity index (χ3n) is 3.18. The van der Waals surface area contributed by atoms with Crippen molar-refractivity contribution >= 4 is 27.4 Å². The van der Waals surface area contributed by atoms with Crippen LogP contribution in [0.1, 0.15) is 16.2 Å². The van der Waals surface area contributed by atoms with Gasteiger partial charge in [0.05, 0.1) is 16.8 Å². The molecule has 100 valence electrons. The second-order valence-electron chi connectivity index (χ2n) is 4.49. The van der Waals surface area contributed by atoms with E-state index in [1.165, 1.54) is 0 Å². The Kier molecular flexibility index (Phi) is 3.06. The first-order valence-corrected chi connectivity index (χ1v) is 6.83. The molecule has 2 heterocycles. The molecule has 0 amide bonds. The molecule has 3 rings (SSSR count). The number of hydrogen-bond donors (Lipinski definition) is 1. The first kappa shape index (κ1) is 12.9. The highest BCUT2D eigenvalue weighted by atomic mass is 79.9. The minimum Gasteiger partial charge on any atom is -0.478 e. The van der Waals surface area contributed by atoms with Crippen LogP contribution in [0, 0.1) is 6.92 Å². The van der Waals surface area contributed by atoms with Gasteiger partial charge in [-0.2, -0.15) is 0 Å². The molecular weight excluding hydrogens is 320 g/mol. The number of aryl methyl sites for hydroxylation is 1. The van der Waals surface area contributed by atoms with E-state index in [2.05, 4.69) is 20.9 Å². The minimum absolute atomic E-state index is 0.250. The van der Waals surface area contributed by atoms with Crippen LogP contribution >= 0.6 is 15.9 Å². The molecule has 0 atom stereocenters. The molecule has 4 nitrogen and oxygen atoms in total. The molecule has 0 spiro atoms. The van der Waals surface area contributed by atoms with Crippen molar-refractivity contribution in [2.24, 2.45) is 0 Å². The molecule has 5 heteroatoms. The Morgan fingerprint density at radius 3 is 2.55 bits per heavy atom. The average molecular weight is 331 g/mol. The molecule has 0 saturated heterocycles. The monoisotopic (exact) mass is 330 g/mol. The first-order valence-electron chi connectivity index (χ1n) is 6.04. The van der Waals surface area contributed by atoms with Crippen molar-refractivity contribution in [3.8, 4) is 11.3 Å². The van der Waals surface area contributed by atoms with Crippen molar-refractivity contribution in [2.75, 3.05) is 0 Å². The van der Waals surface area contributed by atoms with Crippen molar-refractivity contribution in [1.29, 1.82) is 0 Å². The van der Waals surface area contributed by atoms with Gasteiger partial charge in [0.15, 0.2) is 0 Å². The van der Waals surface area contributed by atoms with Crippen LogP contribution in [0.5, 0.6) is 0 Å². The Bertz CT molecular complexity index is 807. The van der Waals surface area contributed by atoms with Gasteiger partial charge in [-0.15, -0.1) is 0 Å². The van der Waals surface area contributed by atoms with Gasteiger partial charge in [-0.25, -0.2) is 9.78 Å². The van der Waals surface area contributed by atoms with E-state index >= 15 is 0 Å². The molecule has 1 N–H and O–H groups in total. The van der Waals surface area contributed by atoms with Crippen LogP contribution in [0.4, 0.5) is 0 Å². The SMILES string of the molecule is Cc1nc(-c2ccc(Br)cc2)c2ccc(C(=O)O)cn12. The molecule has 2 aromatic heterocycles. The lowest BCUT2D eigenvalue weighted by Crippen LogP contribution is -1.99. The molecule has 0 unspecified atom stereocenters. The van der Waals surface area contributed by atoms with Crippen molar-refractivity contribution < 1.29 is 9.90 Å². The summed E-state index contributed by atoms with van der Waals surface area (Å²) >= 11 is 3.41. The van der Waals surface area contributed by atoms with E-state index in [9.17, 15) is 4.79 Å². The number of hydrogen-bond acceptors (Lipinski definition) is 2. The van der Waals surface area contributed by atoms with Gasteiger partial charge in [0.2, 0.25) is 0 Å². The smallest absolute Gasteiger partial charge is 0.337 e. The summed E-state index contributed by atoms with van der Waals surface area (Å²) in [5, 5.41) is 9.05. The van der Waals surface area contributed by atoms with Crippen LogP contribution in [0.25, 0.3) is 16.8 Å². The van der Waals surface area contributed by atoms with E-state index in [-0.39, 0.29) is 5.56 Å². The van der Waals surface area contributed by atoms with E-state index in [0.29, 0.717) is 0 Å². The summed E-state index contributed by atoms with van der Waals surface area (Å²) in [4.78, 5) is 15.6. The van der Waals surface area contributed by atoms with Gasteiger partial charge in [0.1, 0.15) is 5.82 Å². The van der Waals surface area contributed by atoms with Crippen molar-refractivity contribution in [2.45, 2.75) is 6.92 Å². The molecule has 0 fully saturated rings. The molecule has 20 heavy (non-hydrogen) atoms. The topological polar surface area (TPSA) is 54.6 Å². The quantitative estimate of drug-likeness (QED) is 0.778. The fourth-order valence-corrected chi connectivity index (χ4v) is 2.45.